The summed E-state index contributed by atoms with van der Waals surface area (Å²) in [4.78, 5) is 34.7. The number of Topliss-reactive ketones (excluding diaryl/α,β-unsaturated/α-hetero) is 1. The number of anilines is 2. The second-order valence-corrected chi connectivity index (χ2v) is 6.02. The summed E-state index contributed by atoms with van der Waals surface area (Å²) in [7, 11) is 1.83. The smallest absolute Gasteiger partial charge is 0.224 e. The fourth-order valence-corrected chi connectivity index (χ4v) is 3.23. The number of aryl methyl sites for hydroxylation is 1. The molecule has 3 N–H and O–H groups in total. The van der Waals surface area contributed by atoms with Gasteiger partial charge in [0, 0.05) is 38.4 Å². The summed E-state index contributed by atoms with van der Waals surface area (Å²) in [5.74, 6) is 1.33. The number of ketones is 1. The molecule has 3 aromatic rings. The Balaban J connectivity index is 1.64. The number of piperidine rings is 1. The van der Waals surface area contributed by atoms with Crippen molar-refractivity contribution in [3.63, 3.8) is 0 Å². The minimum Gasteiger partial charge on any atom is -0.368 e. The molecular formula is C15H18N8O. The number of hydrogen-bond acceptors (Lipinski definition) is 7. The fourth-order valence-electron chi connectivity index (χ4n) is 3.23. The topological polar surface area (TPSA) is 119 Å². The van der Waals surface area contributed by atoms with Gasteiger partial charge in [-0.05, 0) is 12.8 Å². The highest BCUT2D eigenvalue weighted by Gasteiger charge is 2.30. The van der Waals surface area contributed by atoms with Crippen molar-refractivity contribution < 1.29 is 4.79 Å². The number of imidazole rings is 2. The molecule has 1 aliphatic rings. The van der Waals surface area contributed by atoms with Crippen LogP contribution in [0.5, 0.6) is 0 Å². The van der Waals surface area contributed by atoms with E-state index in [1.54, 1.807) is 23.3 Å². The van der Waals surface area contributed by atoms with Crippen molar-refractivity contribution in [2.75, 3.05) is 23.7 Å². The van der Waals surface area contributed by atoms with Gasteiger partial charge in [0.2, 0.25) is 11.7 Å². The molecule has 1 aliphatic heterocycles. The van der Waals surface area contributed by atoms with Crippen LogP contribution in [-0.4, -0.2) is 48.4 Å². The average molecular weight is 326 g/mol. The number of hydrogen-bond donors (Lipinski definition) is 2. The van der Waals surface area contributed by atoms with E-state index in [4.69, 9.17) is 5.73 Å². The van der Waals surface area contributed by atoms with Crippen molar-refractivity contribution in [1.82, 2.24) is 29.5 Å². The maximum Gasteiger partial charge on any atom is 0.224 e. The lowest BCUT2D eigenvalue weighted by molar-refractivity contribution is 0.0893. The number of fused-ring (bicyclic) bond motifs is 1. The Bertz CT molecular complexity index is 898. The largest absolute Gasteiger partial charge is 0.368 e. The van der Waals surface area contributed by atoms with Crippen molar-refractivity contribution in [1.29, 1.82) is 0 Å². The van der Waals surface area contributed by atoms with Crippen molar-refractivity contribution in [3.05, 3.63) is 24.5 Å². The van der Waals surface area contributed by atoms with E-state index in [-0.39, 0.29) is 17.6 Å². The van der Waals surface area contributed by atoms with Gasteiger partial charge in [0.1, 0.15) is 5.52 Å². The van der Waals surface area contributed by atoms with Gasteiger partial charge in [0.05, 0.1) is 6.33 Å². The summed E-state index contributed by atoms with van der Waals surface area (Å²) in [5, 5.41) is 0. The molecule has 0 amide bonds. The zero-order valence-electron chi connectivity index (χ0n) is 13.3. The quantitative estimate of drug-likeness (QED) is 0.682. The van der Waals surface area contributed by atoms with Crippen LogP contribution in [0.1, 0.15) is 23.5 Å². The van der Waals surface area contributed by atoms with Crippen molar-refractivity contribution >= 4 is 28.7 Å². The Hall–Kier alpha value is -2.97. The first-order valence-electron chi connectivity index (χ1n) is 7.86. The molecule has 1 fully saturated rings. The SMILES string of the molecule is Cn1ccnc1C(=O)[C@H]1CCCN(c2nc(N)nc3nc[nH]c23)C1. The highest BCUT2D eigenvalue weighted by molar-refractivity contribution is 5.95. The Morgan fingerprint density at radius 1 is 1.38 bits per heavy atom. The van der Waals surface area contributed by atoms with Crippen molar-refractivity contribution in [2.45, 2.75) is 12.8 Å². The Labute approximate surface area is 137 Å². The van der Waals surface area contributed by atoms with Gasteiger partial charge in [0.25, 0.3) is 0 Å². The van der Waals surface area contributed by atoms with E-state index >= 15 is 0 Å². The number of rotatable bonds is 3. The Kier molecular flexibility index (Phi) is 3.40. The molecule has 1 saturated heterocycles. The van der Waals surface area contributed by atoms with Gasteiger partial charge < -0.3 is 20.2 Å². The third kappa shape index (κ3) is 2.38. The molecule has 0 radical (unpaired) electrons. The summed E-state index contributed by atoms with van der Waals surface area (Å²) in [6, 6.07) is 0. The zero-order chi connectivity index (χ0) is 16.7. The van der Waals surface area contributed by atoms with E-state index in [2.05, 4.69) is 29.8 Å². The van der Waals surface area contributed by atoms with E-state index in [9.17, 15) is 4.79 Å². The number of H-pyrrole nitrogens is 1. The number of carbonyl (C=O) groups is 1. The number of nitrogens with one attached hydrogen (secondary N) is 1. The molecule has 0 spiro atoms. The zero-order valence-corrected chi connectivity index (χ0v) is 13.3. The highest BCUT2D eigenvalue weighted by Crippen LogP contribution is 2.28. The summed E-state index contributed by atoms with van der Waals surface area (Å²) in [6.07, 6.45) is 6.75. The number of nitrogens with two attached hydrogens (primary N) is 1. The van der Waals surface area contributed by atoms with Crippen LogP contribution in [0.25, 0.3) is 11.2 Å². The van der Waals surface area contributed by atoms with Gasteiger partial charge in [-0.15, -0.1) is 0 Å². The summed E-state index contributed by atoms with van der Waals surface area (Å²) in [6.45, 7) is 1.39. The van der Waals surface area contributed by atoms with Crippen LogP contribution < -0.4 is 10.6 Å². The fraction of sp³-hybridized carbons (Fsp3) is 0.400. The summed E-state index contributed by atoms with van der Waals surface area (Å²) < 4.78 is 1.76. The maximum atomic E-state index is 12.8. The number of carbonyl (C=O) groups excluding carboxylic acids is 1. The minimum absolute atomic E-state index is 0.0649. The van der Waals surface area contributed by atoms with Crippen LogP contribution in [-0.2, 0) is 7.05 Å². The van der Waals surface area contributed by atoms with E-state index in [1.165, 1.54) is 0 Å². The first-order chi connectivity index (χ1) is 11.6. The molecule has 9 heteroatoms. The van der Waals surface area contributed by atoms with Gasteiger partial charge >= 0.3 is 0 Å². The monoisotopic (exact) mass is 326 g/mol. The van der Waals surface area contributed by atoms with Crippen LogP contribution in [0.4, 0.5) is 11.8 Å². The minimum atomic E-state index is -0.117. The standard InChI is InChI=1S/C15H18N8O/c1-22-6-4-17-14(22)11(24)9-3-2-5-23(7-9)13-10-12(19-8-18-10)20-15(16)21-13/h4,6,8-9H,2-3,5,7H2,1H3,(H3,16,18,19,20,21)/t9-/m0/s1. The molecule has 0 aliphatic carbocycles. The van der Waals surface area contributed by atoms with E-state index < -0.39 is 0 Å². The Morgan fingerprint density at radius 3 is 3.04 bits per heavy atom. The third-order valence-electron chi connectivity index (χ3n) is 4.42. The van der Waals surface area contributed by atoms with Gasteiger partial charge in [-0.2, -0.15) is 9.97 Å². The first kappa shape index (κ1) is 14.6. The highest BCUT2D eigenvalue weighted by atomic mass is 16.1. The molecular weight excluding hydrogens is 308 g/mol. The third-order valence-corrected chi connectivity index (χ3v) is 4.42. The second-order valence-electron chi connectivity index (χ2n) is 6.02. The van der Waals surface area contributed by atoms with Gasteiger partial charge in [-0.3, -0.25) is 4.79 Å². The number of nitrogen functional groups attached to an aromatic ring is 1. The lowest BCUT2D eigenvalue weighted by atomic mass is 9.93. The van der Waals surface area contributed by atoms with Gasteiger partial charge in [0.15, 0.2) is 17.3 Å². The van der Waals surface area contributed by atoms with Crippen molar-refractivity contribution in [2.24, 2.45) is 13.0 Å². The molecule has 1 atom stereocenters. The van der Waals surface area contributed by atoms with Crippen LogP contribution in [0.15, 0.2) is 18.7 Å². The van der Waals surface area contributed by atoms with E-state index in [0.717, 1.165) is 24.9 Å². The molecule has 4 heterocycles. The van der Waals surface area contributed by atoms with Crippen LogP contribution in [0.3, 0.4) is 0 Å². The van der Waals surface area contributed by atoms with Gasteiger partial charge in [-0.1, -0.05) is 0 Å². The molecule has 0 aromatic carbocycles. The second kappa shape index (κ2) is 5.59. The van der Waals surface area contributed by atoms with Crippen LogP contribution in [0.2, 0.25) is 0 Å². The summed E-state index contributed by atoms with van der Waals surface area (Å²) in [5.41, 5.74) is 7.08. The average Bonchev–Trinajstić information content (AvgIpc) is 3.22. The number of aromatic nitrogens is 6. The first-order valence-corrected chi connectivity index (χ1v) is 7.86. The molecule has 124 valence electrons. The molecule has 24 heavy (non-hydrogen) atoms. The number of nitrogens with zero attached hydrogens (tertiary/aromatic N) is 6. The molecule has 3 aromatic heterocycles. The molecule has 0 bridgehead atoms. The van der Waals surface area contributed by atoms with E-state index in [0.29, 0.717) is 23.8 Å². The van der Waals surface area contributed by atoms with Crippen molar-refractivity contribution in [3.8, 4) is 0 Å². The summed E-state index contributed by atoms with van der Waals surface area (Å²) >= 11 is 0. The lowest BCUT2D eigenvalue weighted by Crippen LogP contribution is -2.40. The normalized spacial score (nSPS) is 18.2. The van der Waals surface area contributed by atoms with Gasteiger partial charge in [-0.25, -0.2) is 9.97 Å². The van der Waals surface area contributed by atoms with E-state index in [1.807, 2.05) is 7.05 Å². The molecule has 4 rings (SSSR count). The Morgan fingerprint density at radius 2 is 2.25 bits per heavy atom. The molecule has 0 unspecified atom stereocenters. The van der Waals surface area contributed by atoms with Crippen LogP contribution in [0, 0.1) is 5.92 Å². The molecule has 0 saturated carbocycles. The molecule has 9 nitrogen and oxygen atoms in total. The number of aromatic amines is 1. The maximum absolute atomic E-state index is 12.8. The predicted octanol–water partition coefficient (Wildman–Crippen LogP) is 0.768. The lowest BCUT2D eigenvalue weighted by Gasteiger charge is -2.32. The van der Waals surface area contributed by atoms with Crippen LogP contribution >= 0.6 is 0 Å². The predicted molar refractivity (Wildman–Crippen MR) is 88.6 cm³/mol.